The van der Waals surface area contributed by atoms with Gasteiger partial charge in [-0.2, -0.15) is 5.10 Å². The zero-order valence-corrected chi connectivity index (χ0v) is 14.4. The standard InChI is InChI=1S/C20H21N5O/c26-20(18-7-4-10-22-18)23-13-16-14-25(17-5-2-1-3-6-17)24-19(16)15-8-11-21-12-9-15/h1-3,5-6,8-9,11-12,14,18,22H,4,7,10,13H2,(H,23,26)/t18-/m0/s1. The van der Waals surface area contributed by atoms with E-state index in [0.29, 0.717) is 6.54 Å². The summed E-state index contributed by atoms with van der Waals surface area (Å²) in [6, 6.07) is 13.7. The second-order valence-electron chi connectivity index (χ2n) is 6.39. The molecule has 0 bridgehead atoms. The third-order valence-corrected chi connectivity index (χ3v) is 4.59. The number of rotatable bonds is 5. The second kappa shape index (κ2) is 7.49. The van der Waals surface area contributed by atoms with Gasteiger partial charge in [0.15, 0.2) is 0 Å². The molecular weight excluding hydrogens is 326 g/mol. The van der Waals surface area contributed by atoms with Crippen LogP contribution in [0, 0.1) is 0 Å². The van der Waals surface area contributed by atoms with E-state index >= 15 is 0 Å². The van der Waals surface area contributed by atoms with E-state index in [1.807, 2.05) is 53.3 Å². The fraction of sp³-hybridized carbons (Fsp3) is 0.250. The van der Waals surface area contributed by atoms with Gasteiger partial charge in [0, 0.05) is 36.3 Å². The van der Waals surface area contributed by atoms with E-state index in [9.17, 15) is 4.79 Å². The number of para-hydroxylation sites is 1. The van der Waals surface area contributed by atoms with Gasteiger partial charge >= 0.3 is 0 Å². The normalized spacial score (nSPS) is 16.5. The number of pyridine rings is 1. The first-order chi connectivity index (χ1) is 12.8. The van der Waals surface area contributed by atoms with E-state index < -0.39 is 0 Å². The Morgan fingerprint density at radius 1 is 1.19 bits per heavy atom. The van der Waals surface area contributed by atoms with Gasteiger partial charge in [-0.1, -0.05) is 18.2 Å². The summed E-state index contributed by atoms with van der Waals surface area (Å²) in [6.45, 7) is 1.35. The first-order valence-electron chi connectivity index (χ1n) is 8.87. The Balaban J connectivity index is 1.61. The molecule has 1 aliphatic rings. The lowest BCUT2D eigenvalue weighted by Gasteiger charge is -2.11. The predicted octanol–water partition coefficient (Wildman–Crippen LogP) is 2.30. The van der Waals surface area contributed by atoms with Crippen molar-refractivity contribution in [3.05, 3.63) is 66.6 Å². The minimum absolute atomic E-state index is 0.0515. The smallest absolute Gasteiger partial charge is 0.237 e. The van der Waals surface area contributed by atoms with E-state index in [-0.39, 0.29) is 11.9 Å². The fourth-order valence-corrected chi connectivity index (χ4v) is 3.22. The highest BCUT2D eigenvalue weighted by molar-refractivity contribution is 5.82. The SMILES string of the molecule is O=C(NCc1cn(-c2ccccc2)nc1-c1ccncc1)[C@@H]1CCCN1. The number of hydrogen-bond donors (Lipinski definition) is 2. The van der Waals surface area contributed by atoms with Crippen molar-refractivity contribution in [2.45, 2.75) is 25.4 Å². The Kier molecular flexibility index (Phi) is 4.75. The highest BCUT2D eigenvalue weighted by atomic mass is 16.2. The number of carbonyl (C=O) groups is 1. The molecule has 1 aromatic carbocycles. The molecule has 6 heteroatoms. The maximum absolute atomic E-state index is 12.3. The molecule has 1 atom stereocenters. The minimum atomic E-state index is -0.0801. The average molecular weight is 347 g/mol. The molecule has 1 saturated heterocycles. The Morgan fingerprint density at radius 2 is 2.00 bits per heavy atom. The maximum Gasteiger partial charge on any atom is 0.237 e. The molecule has 0 unspecified atom stereocenters. The van der Waals surface area contributed by atoms with E-state index in [1.54, 1.807) is 12.4 Å². The van der Waals surface area contributed by atoms with Crippen LogP contribution in [0.3, 0.4) is 0 Å². The molecule has 0 radical (unpaired) electrons. The van der Waals surface area contributed by atoms with Crippen molar-refractivity contribution in [1.29, 1.82) is 0 Å². The first kappa shape index (κ1) is 16.5. The van der Waals surface area contributed by atoms with Crippen molar-refractivity contribution in [2.24, 2.45) is 0 Å². The molecular formula is C20H21N5O. The third kappa shape index (κ3) is 3.50. The number of nitrogens with zero attached hydrogens (tertiary/aromatic N) is 3. The molecule has 1 amide bonds. The van der Waals surface area contributed by atoms with Crippen molar-refractivity contribution in [2.75, 3.05) is 6.54 Å². The van der Waals surface area contributed by atoms with Gasteiger partial charge in [-0.15, -0.1) is 0 Å². The Bertz CT molecular complexity index is 870. The van der Waals surface area contributed by atoms with E-state index in [2.05, 4.69) is 15.6 Å². The van der Waals surface area contributed by atoms with E-state index in [4.69, 9.17) is 5.10 Å². The Labute approximate surface area is 152 Å². The summed E-state index contributed by atoms with van der Waals surface area (Å²) in [6.07, 6.45) is 7.43. The largest absolute Gasteiger partial charge is 0.351 e. The summed E-state index contributed by atoms with van der Waals surface area (Å²) in [5, 5.41) is 11.0. The van der Waals surface area contributed by atoms with Crippen LogP contribution in [0.15, 0.2) is 61.1 Å². The fourth-order valence-electron chi connectivity index (χ4n) is 3.22. The molecule has 1 aliphatic heterocycles. The van der Waals surface area contributed by atoms with Crippen molar-refractivity contribution in [3.8, 4) is 16.9 Å². The summed E-state index contributed by atoms with van der Waals surface area (Å²) in [5.74, 6) is 0.0515. The molecule has 0 saturated carbocycles. The summed E-state index contributed by atoms with van der Waals surface area (Å²) < 4.78 is 1.85. The van der Waals surface area contributed by atoms with Gasteiger partial charge in [-0.25, -0.2) is 4.68 Å². The first-order valence-corrected chi connectivity index (χ1v) is 8.87. The van der Waals surface area contributed by atoms with Gasteiger partial charge in [0.05, 0.1) is 17.4 Å². The van der Waals surface area contributed by atoms with Crippen LogP contribution in [-0.2, 0) is 11.3 Å². The highest BCUT2D eigenvalue weighted by Crippen LogP contribution is 2.23. The molecule has 0 aliphatic carbocycles. The van der Waals surface area contributed by atoms with Gasteiger partial charge in [0.1, 0.15) is 0 Å². The lowest BCUT2D eigenvalue weighted by Crippen LogP contribution is -2.40. The van der Waals surface area contributed by atoms with Crippen LogP contribution in [0.25, 0.3) is 16.9 Å². The topological polar surface area (TPSA) is 71.8 Å². The predicted molar refractivity (Wildman–Crippen MR) is 99.7 cm³/mol. The van der Waals surface area contributed by atoms with Crippen LogP contribution in [0.5, 0.6) is 0 Å². The van der Waals surface area contributed by atoms with Crippen LogP contribution in [0.2, 0.25) is 0 Å². The van der Waals surface area contributed by atoms with Crippen LogP contribution < -0.4 is 10.6 Å². The van der Waals surface area contributed by atoms with Crippen LogP contribution in [0.4, 0.5) is 0 Å². The van der Waals surface area contributed by atoms with E-state index in [0.717, 1.165) is 41.9 Å². The molecule has 6 nitrogen and oxygen atoms in total. The number of carbonyl (C=O) groups excluding carboxylic acids is 1. The molecule has 1 fully saturated rings. The molecule has 26 heavy (non-hydrogen) atoms. The van der Waals surface area contributed by atoms with Crippen molar-refractivity contribution < 1.29 is 4.79 Å². The summed E-state index contributed by atoms with van der Waals surface area (Å²) in [7, 11) is 0. The molecule has 3 aromatic rings. The third-order valence-electron chi connectivity index (χ3n) is 4.59. The lowest BCUT2D eigenvalue weighted by atomic mass is 10.1. The zero-order chi connectivity index (χ0) is 17.8. The van der Waals surface area contributed by atoms with Crippen LogP contribution in [-0.4, -0.2) is 33.3 Å². The van der Waals surface area contributed by atoms with Crippen LogP contribution in [0.1, 0.15) is 18.4 Å². The van der Waals surface area contributed by atoms with Gasteiger partial charge in [0.2, 0.25) is 5.91 Å². The number of aromatic nitrogens is 3. The number of benzene rings is 1. The molecule has 2 N–H and O–H groups in total. The van der Waals surface area contributed by atoms with E-state index in [1.165, 1.54) is 0 Å². The summed E-state index contributed by atoms with van der Waals surface area (Å²) in [4.78, 5) is 16.4. The maximum atomic E-state index is 12.3. The quantitative estimate of drug-likeness (QED) is 0.743. The molecule has 4 rings (SSSR count). The summed E-state index contributed by atoms with van der Waals surface area (Å²) in [5.41, 5.74) is 3.80. The van der Waals surface area contributed by atoms with Crippen molar-refractivity contribution in [3.63, 3.8) is 0 Å². The van der Waals surface area contributed by atoms with Crippen LogP contribution >= 0.6 is 0 Å². The number of nitrogens with one attached hydrogen (secondary N) is 2. The van der Waals surface area contributed by atoms with Crippen molar-refractivity contribution >= 4 is 5.91 Å². The van der Waals surface area contributed by atoms with Gasteiger partial charge in [0.25, 0.3) is 0 Å². The van der Waals surface area contributed by atoms with Gasteiger partial charge in [-0.3, -0.25) is 9.78 Å². The molecule has 132 valence electrons. The number of hydrogen-bond acceptors (Lipinski definition) is 4. The lowest BCUT2D eigenvalue weighted by molar-refractivity contribution is -0.122. The molecule has 3 heterocycles. The average Bonchev–Trinajstić information content (AvgIpc) is 3.38. The minimum Gasteiger partial charge on any atom is -0.351 e. The molecule has 2 aromatic heterocycles. The Morgan fingerprint density at radius 3 is 2.73 bits per heavy atom. The monoisotopic (exact) mass is 347 g/mol. The Hall–Kier alpha value is -2.99. The van der Waals surface area contributed by atoms with Gasteiger partial charge < -0.3 is 10.6 Å². The second-order valence-corrected chi connectivity index (χ2v) is 6.39. The highest BCUT2D eigenvalue weighted by Gasteiger charge is 2.22. The zero-order valence-electron chi connectivity index (χ0n) is 14.4. The summed E-state index contributed by atoms with van der Waals surface area (Å²) >= 11 is 0. The van der Waals surface area contributed by atoms with Gasteiger partial charge in [-0.05, 0) is 43.7 Å². The number of amides is 1. The molecule has 0 spiro atoms. The van der Waals surface area contributed by atoms with Crippen molar-refractivity contribution in [1.82, 2.24) is 25.4 Å².